The molecule has 0 rings (SSSR count). The van der Waals surface area contributed by atoms with Crippen molar-refractivity contribution in [3.63, 3.8) is 0 Å². The molecule has 0 aromatic heterocycles. The molecule has 0 saturated carbocycles. The smallest absolute Gasteiger partial charge is 0.207 e. The van der Waals surface area contributed by atoms with E-state index in [0.29, 0.717) is 25.7 Å². The van der Waals surface area contributed by atoms with E-state index in [4.69, 9.17) is 5.73 Å². The first-order chi connectivity index (χ1) is 8.22. The Morgan fingerprint density at radius 3 is 1.94 bits per heavy atom. The van der Waals surface area contributed by atoms with Crippen LogP contribution in [0.3, 0.4) is 0 Å². The van der Waals surface area contributed by atoms with E-state index in [-0.39, 0.29) is 0 Å². The van der Waals surface area contributed by atoms with Crippen molar-refractivity contribution in [1.82, 2.24) is 5.32 Å². The SMILES string of the molecule is CCCCCCCC.NC(C=O)CCNC=O. The highest BCUT2D eigenvalue weighted by Gasteiger charge is 1.96. The molecular formula is C13H28N2O2. The largest absolute Gasteiger partial charge is 0.359 e. The van der Waals surface area contributed by atoms with Crippen molar-refractivity contribution in [3.05, 3.63) is 0 Å². The minimum Gasteiger partial charge on any atom is -0.359 e. The maximum atomic E-state index is 9.86. The summed E-state index contributed by atoms with van der Waals surface area (Å²) in [6.07, 6.45) is 10.2. The van der Waals surface area contributed by atoms with E-state index in [1.807, 2.05) is 0 Å². The van der Waals surface area contributed by atoms with E-state index in [1.54, 1.807) is 0 Å². The van der Waals surface area contributed by atoms with Crippen LogP contribution in [0.25, 0.3) is 0 Å². The van der Waals surface area contributed by atoms with Crippen LogP contribution in [-0.2, 0) is 9.59 Å². The molecular weight excluding hydrogens is 216 g/mol. The maximum Gasteiger partial charge on any atom is 0.207 e. The molecule has 1 atom stereocenters. The summed E-state index contributed by atoms with van der Waals surface area (Å²) in [5.41, 5.74) is 5.19. The average molecular weight is 244 g/mol. The maximum absolute atomic E-state index is 9.86. The van der Waals surface area contributed by atoms with E-state index in [9.17, 15) is 9.59 Å². The van der Waals surface area contributed by atoms with Crippen molar-refractivity contribution < 1.29 is 9.59 Å². The van der Waals surface area contributed by atoms with Crippen LogP contribution in [0.5, 0.6) is 0 Å². The molecule has 102 valence electrons. The Morgan fingerprint density at radius 1 is 1.06 bits per heavy atom. The van der Waals surface area contributed by atoms with Crippen molar-refractivity contribution in [2.45, 2.75) is 64.8 Å². The summed E-state index contributed by atoms with van der Waals surface area (Å²) in [5, 5.41) is 2.39. The zero-order valence-corrected chi connectivity index (χ0v) is 11.3. The molecule has 0 aliphatic heterocycles. The molecule has 0 bridgehead atoms. The Bertz CT molecular complexity index is 157. The number of rotatable bonds is 10. The summed E-state index contributed by atoms with van der Waals surface area (Å²) < 4.78 is 0. The Balaban J connectivity index is 0. The molecule has 17 heavy (non-hydrogen) atoms. The van der Waals surface area contributed by atoms with Crippen LogP contribution >= 0.6 is 0 Å². The third-order valence-electron chi connectivity index (χ3n) is 2.34. The van der Waals surface area contributed by atoms with E-state index in [0.717, 1.165) is 0 Å². The van der Waals surface area contributed by atoms with Gasteiger partial charge in [-0.05, 0) is 6.42 Å². The van der Waals surface area contributed by atoms with Gasteiger partial charge in [0.15, 0.2) is 0 Å². The summed E-state index contributed by atoms with van der Waals surface area (Å²) in [7, 11) is 0. The van der Waals surface area contributed by atoms with Crippen LogP contribution in [0.2, 0.25) is 0 Å². The number of nitrogens with one attached hydrogen (secondary N) is 1. The summed E-state index contributed by atoms with van der Waals surface area (Å²) in [6.45, 7) is 4.97. The highest BCUT2D eigenvalue weighted by atomic mass is 16.1. The number of nitrogens with two attached hydrogens (primary N) is 1. The second kappa shape index (κ2) is 17.5. The summed E-state index contributed by atoms with van der Waals surface area (Å²) in [6, 6.07) is -0.447. The number of aldehydes is 1. The van der Waals surface area contributed by atoms with Gasteiger partial charge in [0.05, 0.1) is 6.04 Å². The van der Waals surface area contributed by atoms with Crippen LogP contribution in [0, 0.1) is 0 Å². The van der Waals surface area contributed by atoms with Crippen molar-refractivity contribution >= 4 is 12.7 Å². The molecule has 0 heterocycles. The predicted molar refractivity (Wildman–Crippen MR) is 71.8 cm³/mol. The molecule has 4 nitrogen and oxygen atoms in total. The molecule has 1 unspecified atom stereocenters. The summed E-state index contributed by atoms with van der Waals surface area (Å²) in [4.78, 5) is 19.5. The molecule has 0 aromatic rings. The monoisotopic (exact) mass is 244 g/mol. The lowest BCUT2D eigenvalue weighted by molar-refractivity contribution is -0.111. The van der Waals surface area contributed by atoms with E-state index < -0.39 is 6.04 Å². The summed E-state index contributed by atoms with van der Waals surface area (Å²) in [5.74, 6) is 0. The van der Waals surface area contributed by atoms with Crippen LogP contribution in [0.1, 0.15) is 58.8 Å². The first-order valence-corrected chi connectivity index (χ1v) is 6.60. The molecule has 0 saturated heterocycles. The van der Waals surface area contributed by atoms with Crippen molar-refractivity contribution in [1.29, 1.82) is 0 Å². The molecule has 4 heteroatoms. The Labute approximate surface area is 105 Å². The van der Waals surface area contributed by atoms with Gasteiger partial charge in [-0.3, -0.25) is 4.79 Å². The molecule has 0 aliphatic rings. The Morgan fingerprint density at radius 2 is 1.59 bits per heavy atom. The van der Waals surface area contributed by atoms with Gasteiger partial charge in [0.1, 0.15) is 6.29 Å². The molecule has 0 aromatic carbocycles. The van der Waals surface area contributed by atoms with E-state index >= 15 is 0 Å². The van der Waals surface area contributed by atoms with E-state index in [2.05, 4.69) is 19.2 Å². The Kier molecular flexibility index (Phi) is 19.0. The average Bonchev–Trinajstić information content (AvgIpc) is 2.35. The van der Waals surface area contributed by atoms with Crippen molar-refractivity contribution in [2.75, 3.05) is 6.54 Å². The minimum absolute atomic E-state index is 0.447. The number of unbranched alkanes of at least 4 members (excludes halogenated alkanes) is 5. The highest BCUT2D eigenvalue weighted by molar-refractivity contribution is 5.57. The molecule has 0 fully saturated rings. The van der Waals surface area contributed by atoms with Crippen molar-refractivity contribution in [2.24, 2.45) is 5.73 Å². The normalized spacial score (nSPS) is 11.0. The van der Waals surface area contributed by atoms with Gasteiger partial charge < -0.3 is 15.8 Å². The zero-order valence-electron chi connectivity index (χ0n) is 11.3. The standard InChI is InChI=1S/C8H18.C5H10N2O2/c1-3-5-7-8-6-4-2;6-5(3-8)1-2-7-4-9/h3-8H2,1-2H3;3-5H,1-2,6H2,(H,7,9). The summed E-state index contributed by atoms with van der Waals surface area (Å²) >= 11 is 0. The van der Waals surface area contributed by atoms with Crippen LogP contribution in [0.4, 0.5) is 0 Å². The lowest BCUT2D eigenvalue weighted by atomic mass is 10.1. The second-order valence-electron chi connectivity index (χ2n) is 4.07. The topological polar surface area (TPSA) is 72.2 Å². The molecule has 0 aliphatic carbocycles. The fraction of sp³-hybridized carbons (Fsp3) is 0.846. The number of hydrogen-bond acceptors (Lipinski definition) is 3. The quantitative estimate of drug-likeness (QED) is 0.456. The van der Waals surface area contributed by atoms with Crippen molar-refractivity contribution in [3.8, 4) is 0 Å². The first kappa shape index (κ1) is 18.5. The molecule has 0 radical (unpaired) electrons. The third-order valence-corrected chi connectivity index (χ3v) is 2.34. The van der Waals surface area contributed by atoms with Gasteiger partial charge in [0.2, 0.25) is 6.41 Å². The van der Waals surface area contributed by atoms with Gasteiger partial charge in [-0.15, -0.1) is 0 Å². The van der Waals surface area contributed by atoms with Crippen LogP contribution < -0.4 is 11.1 Å². The lowest BCUT2D eigenvalue weighted by Gasteiger charge is -2.00. The molecule has 0 spiro atoms. The Hall–Kier alpha value is -0.900. The third kappa shape index (κ3) is 21.0. The number of amides is 1. The zero-order chi connectivity index (χ0) is 13.4. The van der Waals surface area contributed by atoms with Gasteiger partial charge in [0.25, 0.3) is 0 Å². The molecule has 3 N–H and O–H groups in total. The van der Waals surface area contributed by atoms with Gasteiger partial charge in [-0.2, -0.15) is 0 Å². The predicted octanol–water partition coefficient (Wildman–Crippen LogP) is 2.02. The highest BCUT2D eigenvalue weighted by Crippen LogP contribution is 2.03. The van der Waals surface area contributed by atoms with E-state index in [1.165, 1.54) is 38.5 Å². The van der Waals surface area contributed by atoms with Gasteiger partial charge in [-0.25, -0.2) is 0 Å². The fourth-order valence-electron chi connectivity index (χ4n) is 1.23. The fourth-order valence-corrected chi connectivity index (χ4v) is 1.23. The number of carbonyl (C=O) groups excluding carboxylic acids is 2. The number of hydrogen-bond donors (Lipinski definition) is 2. The lowest BCUT2D eigenvalue weighted by Crippen LogP contribution is -2.26. The van der Waals surface area contributed by atoms with Crippen LogP contribution in [0.15, 0.2) is 0 Å². The van der Waals surface area contributed by atoms with Crippen LogP contribution in [-0.4, -0.2) is 25.3 Å². The van der Waals surface area contributed by atoms with Gasteiger partial charge >= 0.3 is 0 Å². The minimum atomic E-state index is -0.447. The second-order valence-corrected chi connectivity index (χ2v) is 4.07. The number of carbonyl (C=O) groups is 2. The van der Waals surface area contributed by atoms with Gasteiger partial charge in [0, 0.05) is 6.54 Å². The molecule has 1 amide bonds. The first-order valence-electron chi connectivity index (χ1n) is 6.60. The van der Waals surface area contributed by atoms with Gasteiger partial charge in [-0.1, -0.05) is 52.4 Å².